The molecule has 0 aliphatic heterocycles. The van der Waals surface area contributed by atoms with Gasteiger partial charge in [-0.15, -0.1) is 0 Å². The molecule has 32 heavy (non-hydrogen) atoms. The van der Waals surface area contributed by atoms with Gasteiger partial charge in [-0.2, -0.15) is 0 Å². The highest BCUT2D eigenvalue weighted by atomic mass is 19.2. The van der Waals surface area contributed by atoms with E-state index >= 15 is 0 Å². The Hall–Kier alpha value is -3.93. The molecule has 0 aliphatic rings. The molecule has 0 fully saturated rings. The molecule has 0 aliphatic carbocycles. The van der Waals surface area contributed by atoms with Crippen LogP contribution in [0.5, 0.6) is 5.75 Å². The van der Waals surface area contributed by atoms with Gasteiger partial charge < -0.3 is 14.6 Å². The Kier molecular flexibility index (Phi) is 7.05. The maximum absolute atomic E-state index is 14.8. The summed E-state index contributed by atoms with van der Waals surface area (Å²) >= 11 is 0. The monoisotopic (exact) mass is 438 g/mol. The van der Waals surface area contributed by atoms with Crippen LogP contribution in [0.2, 0.25) is 0 Å². The van der Waals surface area contributed by atoms with Gasteiger partial charge in [0.2, 0.25) is 0 Å². The van der Waals surface area contributed by atoms with Gasteiger partial charge in [0.25, 0.3) is 0 Å². The molecule has 0 spiro atoms. The molecule has 0 saturated carbocycles. The maximum atomic E-state index is 14.8. The Balaban J connectivity index is 1.73. The number of rotatable bonds is 8. The number of halogens is 3. The summed E-state index contributed by atoms with van der Waals surface area (Å²) in [5.41, 5.74) is 1.90. The average molecular weight is 438 g/mol. The van der Waals surface area contributed by atoms with Gasteiger partial charge in [-0.3, -0.25) is 0 Å². The fourth-order valence-electron chi connectivity index (χ4n) is 2.95. The second-order valence-electron chi connectivity index (χ2n) is 6.91. The Morgan fingerprint density at radius 1 is 0.875 bits per heavy atom. The average Bonchev–Trinajstić information content (AvgIpc) is 2.80. The van der Waals surface area contributed by atoms with Crippen LogP contribution in [0, 0.1) is 11.6 Å². The highest BCUT2D eigenvalue weighted by Crippen LogP contribution is 2.32. The summed E-state index contributed by atoms with van der Waals surface area (Å²) in [4.78, 5) is 0. The molecule has 0 saturated heterocycles. The predicted molar refractivity (Wildman–Crippen MR) is 118 cm³/mol. The third-order valence-corrected chi connectivity index (χ3v) is 4.75. The number of aromatic hydroxyl groups is 1. The van der Waals surface area contributed by atoms with Crippen LogP contribution in [0.25, 0.3) is 22.3 Å². The molecule has 0 heterocycles. The molecule has 1 N–H and O–H groups in total. The molecular formula is C26H21F3O3. The van der Waals surface area contributed by atoms with Crippen LogP contribution in [0.1, 0.15) is 5.56 Å². The molecule has 0 unspecified atom stereocenters. The highest BCUT2D eigenvalue weighted by molar-refractivity contribution is 5.72. The first-order chi connectivity index (χ1) is 15.3. The number of phenols is 1. The van der Waals surface area contributed by atoms with E-state index in [1.807, 2.05) is 0 Å². The van der Waals surface area contributed by atoms with Crippen molar-refractivity contribution >= 4 is 0 Å². The van der Waals surface area contributed by atoms with Gasteiger partial charge in [0.05, 0.1) is 7.11 Å². The lowest BCUT2D eigenvalue weighted by atomic mass is 9.98. The summed E-state index contributed by atoms with van der Waals surface area (Å²) in [5.74, 6) is -2.63. The largest absolute Gasteiger partial charge is 0.508 e. The number of hydrogen-bond donors (Lipinski definition) is 1. The SMILES string of the molecule is C=C(/C=C(/F)C(=C)OC)OCc1ccc(-c2ccc(-c3ccc(O)cc3)c(F)c2F)cc1. The molecule has 3 aromatic carbocycles. The quantitative estimate of drug-likeness (QED) is 0.303. The minimum atomic E-state index is -0.969. The molecule has 3 nitrogen and oxygen atoms in total. The van der Waals surface area contributed by atoms with Crippen LogP contribution >= 0.6 is 0 Å². The Bertz CT molecular complexity index is 1160. The molecular weight excluding hydrogens is 417 g/mol. The smallest absolute Gasteiger partial charge is 0.168 e. The van der Waals surface area contributed by atoms with Crippen molar-refractivity contribution < 1.29 is 27.8 Å². The summed E-state index contributed by atoms with van der Waals surface area (Å²) in [6, 6.07) is 15.5. The summed E-state index contributed by atoms with van der Waals surface area (Å²) < 4.78 is 53.2. The van der Waals surface area contributed by atoms with E-state index in [1.165, 1.54) is 43.5 Å². The number of allylic oxidation sites excluding steroid dienone is 2. The van der Waals surface area contributed by atoms with Crippen molar-refractivity contribution in [2.75, 3.05) is 7.11 Å². The molecule has 0 aromatic heterocycles. The molecule has 0 atom stereocenters. The van der Waals surface area contributed by atoms with Crippen molar-refractivity contribution in [3.63, 3.8) is 0 Å². The molecule has 0 radical (unpaired) electrons. The lowest BCUT2D eigenvalue weighted by Crippen LogP contribution is -1.95. The van der Waals surface area contributed by atoms with Crippen molar-refractivity contribution in [3.05, 3.63) is 114 Å². The number of ether oxygens (including phenoxy) is 2. The molecule has 0 bridgehead atoms. The number of benzene rings is 3. The third kappa shape index (κ3) is 5.21. The van der Waals surface area contributed by atoms with Gasteiger partial charge in [0, 0.05) is 17.2 Å². The topological polar surface area (TPSA) is 38.7 Å². The van der Waals surface area contributed by atoms with E-state index in [0.29, 0.717) is 11.1 Å². The molecule has 6 heteroatoms. The Morgan fingerprint density at radius 2 is 1.38 bits per heavy atom. The zero-order chi connectivity index (χ0) is 23.3. The second-order valence-corrected chi connectivity index (χ2v) is 6.91. The fourth-order valence-corrected chi connectivity index (χ4v) is 2.95. The van der Waals surface area contributed by atoms with E-state index in [2.05, 4.69) is 17.9 Å². The minimum Gasteiger partial charge on any atom is -0.508 e. The van der Waals surface area contributed by atoms with Gasteiger partial charge in [-0.1, -0.05) is 61.7 Å². The number of methoxy groups -OCH3 is 1. The highest BCUT2D eigenvalue weighted by Gasteiger charge is 2.16. The van der Waals surface area contributed by atoms with Crippen molar-refractivity contribution in [2.24, 2.45) is 0 Å². The van der Waals surface area contributed by atoms with Crippen LogP contribution < -0.4 is 0 Å². The van der Waals surface area contributed by atoms with Crippen molar-refractivity contribution in [1.82, 2.24) is 0 Å². The standard InChI is InChI=1S/C26H21F3O3/c1-16(14-24(27)17(2)31-3)32-15-18-4-6-19(7-5-18)22-12-13-23(26(29)25(22)28)20-8-10-21(30)11-9-20/h4-14,30H,1-2,15H2,3H3/b24-14+. The van der Waals surface area contributed by atoms with Gasteiger partial charge in [-0.05, 0) is 28.8 Å². The van der Waals surface area contributed by atoms with E-state index in [4.69, 9.17) is 4.74 Å². The van der Waals surface area contributed by atoms with Gasteiger partial charge in [0.1, 0.15) is 23.9 Å². The zero-order valence-electron chi connectivity index (χ0n) is 17.4. The van der Waals surface area contributed by atoms with Crippen molar-refractivity contribution in [1.29, 1.82) is 0 Å². The van der Waals surface area contributed by atoms with Crippen LogP contribution in [0.4, 0.5) is 13.2 Å². The summed E-state index contributed by atoms with van der Waals surface area (Å²) in [6.45, 7) is 7.11. The maximum Gasteiger partial charge on any atom is 0.168 e. The Morgan fingerprint density at radius 3 is 1.88 bits per heavy atom. The van der Waals surface area contributed by atoms with Crippen molar-refractivity contribution in [3.8, 4) is 28.0 Å². The van der Waals surface area contributed by atoms with Crippen LogP contribution in [-0.2, 0) is 16.1 Å². The Labute approximate surface area is 184 Å². The van der Waals surface area contributed by atoms with Crippen LogP contribution in [0.3, 0.4) is 0 Å². The molecule has 3 rings (SSSR count). The first-order valence-corrected chi connectivity index (χ1v) is 9.59. The van der Waals surface area contributed by atoms with Gasteiger partial charge in [0.15, 0.2) is 17.5 Å². The molecule has 0 amide bonds. The van der Waals surface area contributed by atoms with Gasteiger partial charge in [-0.25, -0.2) is 13.2 Å². The van der Waals surface area contributed by atoms with Crippen molar-refractivity contribution in [2.45, 2.75) is 6.61 Å². The van der Waals surface area contributed by atoms with Crippen LogP contribution in [0.15, 0.2) is 97.2 Å². The summed E-state index contributed by atoms with van der Waals surface area (Å²) in [6.07, 6.45) is 1.06. The molecule has 3 aromatic rings. The third-order valence-electron chi connectivity index (χ3n) is 4.75. The lowest BCUT2D eigenvalue weighted by molar-refractivity contribution is 0.210. The van der Waals surface area contributed by atoms with Crippen LogP contribution in [-0.4, -0.2) is 12.2 Å². The van der Waals surface area contributed by atoms with E-state index in [1.54, 1.807) is 24.3 Å². The fraction of sp³-hybridized carbons (Fsp3) is 0.0769. The summed E-state index contributed by atoms with van der Waals surface area (Å²) in [5, 5.41) is 9.37. The lowest BCUT2D eigenvalue weighted by Gasteiger charge is -2.11. The van der Waals surface area contributed by atoms with Gasteiger partial charge >= 0.3 is 0 Å². The van der Waals surface area contributed by atoms with E-state index in [9.17, 15) is 18.3 Å². The number of hydrogen-bond acceptors (Lipinski definition) is 3. The van der Waals surface area contributed by atoms with E-state index < -0.39 is 17.5 Å². The first kappa shape index (κ1) is 22.7. The van der Waals surface area contributed by atoms with E-state index in [-0.39, 0.29) is 35.0 Å². The second kappa shape index (κ2) is 9.92. The number of phenolic OH excluding ortho intramolecular Hbond substituents is 1. The normalized spacial score (nSPS) is 11.2. The minimum absolute atomic E-state index is 0.0421. The van der Waals surface area contributed by atoms with E-state index in [0.717, 1.165) is 11.6 Å². The first-order valence-electron chi connectivity index (χ1n) is 9.59. The zero-order valence-corrected chi connectivity index (χ0v) is 17.4. The molecule has 164 valence electrons. The predicted octanol–water partition coefficient (Wildman–Crippen LogP) is 7.05. The summed E-state index contributed by atoms with van der Waals surface area (Å²) in [7, 11) is 1.30.